The molecule has 0 aliphatic rings. The van der Waals surface area contributed by atoms with Crippen molar-refractivity contribution in [3.63, 3.8) is 0 Å². The number of halogens is 1. The van der Waals surface area contributed by atoms with E-state index in [1.165, 1.54) is 0 Å². The van der Waals surface area contributed by atoms with Gasteiger partial charge in [-0.3, -0.25) is 0 Å². The van der Waals surface area contributed by atoms with Crippen LogP contribution in [0.3, 0.4) is 0 Å². The van der Waals surface area contributed by atoms with Crippen LogP contribution in [0.5, 0.6) is 11.6 Å². The van der Waals surface area contributed by atoms with E-state index in [1.807, 2.05) is 97.1 Å². The van der Waals surface area contributed by atoms with Gasteiger partial charge < -0.3 is 19.4 Å². The number of hydrogen-bond acceptors (Lipinski definition) is 6. The van der Waals surface area contributed by atoms with Crippen molar-refractivity contribution >= 4 is 28.3 Å². The first-order chi connectivity index (χ1) is 18.5. The predicted octanol–water partition coefficient (Wildman–Crippen LogP) is 3.11. The van der Waals surface area contributed by atoms with Crippen LogP contribution >= 0.6 is 11.6 Å². The maximum absolute atomic E-state index is 10.6. The normalized spacial score (nSPS) is 10.6. The number of hydrogen-bond donors (Lipinski definition) is 0. The maximum Gasteiger partial charge on any atom is 1.00 e. The van der Waals surface area contributed by atoms with E-state index >= 15 is 0 Å². The maximum atomic E-state index is 10.6. The van der Waals surface area contributed by atoms with E-state index in [4.69, 9.17) is 31.0 Å². The van der Waals surface area contributed by atoms with Gasteiger partial charge in [0.25, 0.3) is 0 Å². The van der Waals surface area contributed by atoms with Crippen molar-refractivity contribution in [1.29, 1.82) is 0 Å². The van der Waals surface area contributed by atoms with Gasteiger partial charge in [0.1, 0.15) is 12.4 Å². The van der Waals surface area contributed by atoms with Crippen LogP contribution in [-0.2, 0) is 11.4 Å². The fourth-order valence-corrected chi connectivity index (χ4v) is 4.24. The molecule has 0 saturated carbocycles. The Kier molecular flexibility index (Phi) is 9.96. The van der Waals surface area contributed by atoms with Gasteiger partial charge in [-0.15, -0.1) is 0 Å². The first-order valence-corrected chi connectivity index (χ1v) is 12.6. The largest absolute Gasteiger partial charge is 1.00 e. The number of fused-ring (bicyclic) bond motifs is 1. The smallest absolute Gasteiger partial charge is 0.550 e. The first-order valence-electron chi connectivity index (χ1n) is 12.2. The van der Waals surface area contributed by atoms with Crippen molar-refractivity contribution in [2.45, 2.75) is 19.4 Å². The minimum absolute atomic E-state index is 0. The van der Waals surface area contributed by atoms with Crippen LogP contribution in [0.2, 0.25) is 5.02 Å². The van der Waals surface area contributed by atoms with E-state index in [0.717, 1.165) is 33.2 Å². The fourth-order valence-electron chi connectivity index (χ4n) is 4.03. The molecule has 0 aliphatic carbocycles. The summed E-state index contributed by atoms with van der Waals surface area (Å²) in [5, 5.41) is 13.2. The standard InChI is InChI=1S/C31H25ClN2O4.Na/c32-26-9-4-6-21(16-26)20-38-29-19-28(22-7-2-1-3-8-22)33-31(34-29)25-12-11-24-18-27(14-13-23(24)17-25)37-15-5-10-30(35)36;/h1-4,6-9,11-14,16-19H,5,10,15,20H2,(H,35,36);/q;+1/p-1. The number of carboxylic acid groups (broad SMARTS) is 1. The second-order valence-electron chi connectivity index (χ2n) is 8.75. The number of rotatable bonds is 10. The van der Waals surface area contributed by atoms with Crippen molar-refractivity contribution in [3.8, 4) is 34.3 Å². The molecular weight excluding hydrogens is 523 g/mol. The topological polar surface area (TPSA) is 84.4 Å². The number of ether oxygens (including phenoxy) is 2. The number of carboxylic acids is 1. The summed E-state index contributed by atoms with van der Waals surface area (Å²) < 4.78 is 11.8. The van der Waals surface area contributed by atoms with Crippen molar-refractivity contribution < 1.29 is 48.9 Å². The second-order valence-corrected chi connectivity index (χ2v) is 9.18. The summed E-state index contributed by atoms with van der Waals surface area (Å²) in [4.78, 5) is 20.1. The molecule has 6 nitrogen and oxygen atoms in total. The van der Waals surface area contributed by atoms with Gasteiger partial charge in [-0.25, -0.2) is 4.98 Å². The Labute approximate surface area is 253 Å². The summed E-state index contributed by atoms with van der Waals surface area (Å²) in [7, 11) is 0. The van der Waals surface area contributed by atoms with Gasteiger partial charge in [-0.2, -0.15) is 4.98 Å². The van der Waals surface area contributed by atoms with Crippen LogP contribution in [0, 0.1) is 0 Å². The van der Waals surface area contributed by atoms with Crippen LogP contribution in [0.1, 0.15) is 18.4 Å². The molecule has 0 radical (unpaired) electrons. The van der Waals surface area contributed by atoms with Crippen LogP contribution in [0.25, 0.3) is 33.4 Å². The Hall–Kier alpha value is -3.42. The Morgan fingerprint density at radius 1 is 0.795 bits per heavy atom. The van der Waals surface area contributed by atoms with Gasteiger partial charge in [0.15, 0.2) is 5.82 Å². The van der Waals surface area contributed by atoms with Gasteiger partial charge in [0.2, 0.25) is 5.88 Å². The summed E-state index contributed by atoms with van der Waals surface area (Å²) in [6, 6.07) is 31.0. The molecule has 190 valence electrons. The molecule has 8 heteroatoms. The van der Waals surface area contributed by atoms with E-state index in [9.17, 15) is 9.90 Å². The molecule has 0 unspecified atom stereocenters. The molecule has 0 bridgehead atoms. The SMILES string of the molecule is O=C([O-])CCCOc1ccc2cc(-c3nc(OCc4cccc(Cl)c4)cc(-c4ccccc4)n3)ccc2c1.[Na+]. The van der Waals surface area contributed by atoms with Crippen molar-refractivity contribution in [2.24, 2.45) is 0 Å². The molecular formula is C31H24ClN2NaO4. The molecule has 5 rings (SSSR count). The molecule has 0 atom stereocenters. The van der Waals surface area contributed by atoms with E-state index in [2.05, 4.69) is 0 Å². The summed E-state index contributed by atoms with van der Waals surface area (Å²) in [5.41, 5.74) is 3.52. The van der Waals surface area contributed by atoms with Gasteiger partial charge in [-0.05, 0) is 59.5 Å². The molecule has 0 aliphatic heterocycles. The Balaban J connectivity index is 0.00000353. The molecule has 0 fully saturated rings. The van der Waals surface area contributed by atoms with Crippen molar-refractivity contribution in [3.05, 3.63) is 108 Å². The first kappa shape index (κ1) is 28.6. The van der Waals surface area contributed by atoms with E-state index < -0.39 is 5.97 Å². The molecule has 1 aromatic heterocycles. The van der Waals surface area contributed by atoms with Gasteiger partial charge in [0, 0.05) is 28.2 Å². The number of aliphatic carboxylic acids is 1. The fraction of sp³-hybridized carbons (Fsp3) is 0.129. The molecule has 39 heavy (non-hydrogen) atoms. The quantitative estimate of drug-likeness (QED) is 0.198. The van der Waals surface area contributed by atoms with Gasteiger partial charge in [0.05, 0.1) is 12.3 Å². The molecule has 0 N–H and O–H groups in total. The molecule has 4 aromatic carbocycles. The molecule has 1 heterocycles. The average Bonchev–Trinajstić information content (AvgIpc) is 2.94. The minimum atomic E-state index is -1.07. The molecule has 0 spiro atoms. The van der Waals surface area contributed by atoms with Crippen LogP contribution in [-0.4, -0.2) is 22.5 Å². The third kappa shape index (κ3) is 7.80. The number of aromatic nitrogens is 2. The van der Waals surface area contributed by atoms with Crippen molar-refractivity contribution in [2.75, 3.05) is 6.61 Å². The summed E-state index contributed by atoms with van der Waals surface area (Å²) in [6.07, 6.45) is 0.375. The van der Waals surface area contributed by atoms with Gasteiger partial charge in [-0.1, -0.05) is 72.3 Å². The third-order valence-corrected chi connectivity index (χ3v) is 6.15. The summed E-state index contributed by atoms with van der Waals surface area (Å²) >= 11 is 6.12. The Morgan fingerprint density at radius 3 is 2.38 bits per heavy atom. The number of carbonyl (C=O) groups is 1. The van der Waals surface area contributed by atoms with Crippen LogP contribution in [0.15, 0.2) is 97.1 Å². The van der Waals surface area contributed by atoms with E-state index in [0.29, 0.717) is 42.1 Å². The summed E-state index contributed by atoms with van der Waals surface area (Å²) in [6.45, 7) is 0.643. The number of nitrogens with zero attached hydrogens (tertiary/aromatic N) is 2. The minimum Gasteiger partial charge on any atom is -0.550 e. The zero-order valence-electron chi connectivity index (χ0n) is 21.5. The third-order valence-electron chi connectivity index (χ3n) is 5.91. The van der Waals surface area contributed by atoms with Crippen molar-refractivity contribution in [1.82, 2.24) is 9.97 Å². The van der Waals surface area contributed by atoms with Gasteiger partial charge >= 0.3 is 29.6 Å². The Morgan fingerprint density at radius 2 is 1.59 bits per heavy atom. The zero-order chi connectivity index (χ0) is 26.3. The monoisotopic (exact) mass is 546 g/mol. The predicted molar refractivity (Wildman–Crippen MR) is 146 cm³/mol. The number of benzene rings is 4. The second kappa shape index (κ2) is 13.6. The summed E-state index contributed by atoms with van der Waals surface area (Å²) in [5.74, 6) is 0.630. The molecule has 0 amide bonds. The molecule has 5 aromatic rings. The van der Waals surface area contributed by atoms with Crippen LogP contribution < -0.4 is 44.1 Å². The van der Waals surface area contributed by atoms with E-state index in [-0.39, 0.29) is 36.0 Å². The van der Waals surface area contributed by atoms with E-state index in [1.54, 1.807) is 0 Å². The zero-order valence-corrected chi connectivity index (χ0v) is 24.2. The number of carbonyl (C=O) groups excluding carboxylic acids is 1. The average molecular weight is 547 g/mol. The molecule has 0 saturated heterocycles. The van der Waals surface area contributed by atoms with Crippen LogP contribution in [0.4, 0.5) is 0 Å². The Bertz CT molecular complexity index is 1580.